The van der Waals surface area contributed by atoms with E-state index in [-0.39, 0.29) is 11.9 Å². The summed E-state index contributed by atoms with van der Waals surface area (Å²) in [7, 11) is 0. The number of rotatable bonds is 14. The average Bonchev–Trinajstić information content (AvgIpc) is 2.66. The molecule has 0 radical (unpaired) electrons. The van der Waals surface area contributed by atoms with Gasteiger partial charge in [0, 0.05) is 12.8 Å². The van der Waals surface area contributed by atoms with Crippen molar-refractivity contribution in [2.24, 2.45) is 11.8 Å². The van der Waals surface area contributed by atoms with Gasteiger partial charge in [0.05, 0.1) is 13.2 Å². The monoisotopic (exact) mass is 368 g/mol. The predicted octanol–water partition coefficient (Wildman–Crippen LogP) is 5.82. The van der Waals surface area contributed by atoms with E-state index in [9.17, 15) is 9.59 Å². The van der Waals surface area contributed by atoms with Crippen LogP contribution < -0.4 is 0 Å². The third kappa shape index (κ3) is 11.5. The van der Waals surface area contributed by atoms with E-state index in [1.54, 1.807) is 0 Å². The van der Waals surface area contributed by atoms with Gasteiger partial charge in [-0.15, -0.1) is 0 Å². The highest BCUT2D eigenvalue weighted by atomic mass is 16.5. The molecule has 4 nitrogen and oxygen atoms in total. The summed E-state index contributed by atoms with van der Waals surface area (Å²) >= 11 is 0. The Kier molecular flexibility index (Phi) is 13.3. The second-order valence-corrected chi connectivity index (χ2v) is 7.89. The zero-order chi connectivity index (χ0) is 19.0. The molecule has 0 N–H and O–H groups in total. The molecule has 0 aromatic carbocycles. The van der Waals surface area contributed by atoms with Crippen LogP contribution in [0.1, 0.15) is 104 Å². The molecule has 0 aliphatic heterocycles. The minimum Gasteiger partial charge on any atom is -0.465 e. The molecule has 0 heterocycles. The van der Waals surface area contributed by atoms with Crippen LogP contribution in [0.5, 0.6) is 0 Å². The summed E-state index contributed by atoms with van der Waals surface area (Å²) in [5.74, 6) is 0.747. The fraction of sp³-hybridized carbons (Fsp3) is 0.909. The molecule has 0 spiro atoms. The van der Waals surface area contributed by atoms with Gasteiger partial charge in [0.25, 0.3) is 0 Å². The first-order chi connectivity index (χ1) is 12.7. The number of unbranched alkanes of at least 4 members (excludes halogenated alkanes) is 6. The van der Waals surface area contributed by atoms with Crippen LogP contribution in [0.2, 0.25) is 0 Å². The maximum atomic E-state index is 11.8. The maximum Gasteiger partial charge on any atom is 0.305 e. The van der Waals surface area contributed by atoms with Gasteiger partial charge in [-0.05, 0) is 43.9 Å². The Morgan fingerprint density at radius 2 is 1.19 bits per heavy atom. The molecule has 2 unspecified atom stereocenters. The summed E-state index contributed by atoms with van der Waals surface area (Å²) in [5.41, 5.74) is 0. The van der Waals surface area contributed by atoms with Crippen molar-refractivity contribution < 1.29 is 19.1 Å². The quantitative estimate of drug-likeness (QED) is 0.286. The Bertz CT molecular complexity index is 346. The number of hydrogen-bond donors (Lipinski definition) is 0. The van der Waals surface area contributed by atoms with E-state index in [4.69, 9.17) is 9.47 Å². The van der Waals surface area contributed by atoms with Crippen LogP contribution in [0.3, 0.4) is 0 Å². The minimum atomic E-state index is -0.0540. The van der Waals surface area contributed by atoms with E-state index < -0.39 is 0 Å². The van der Waals surface area contributed by atoms with Crippen molar-refractivity contribution in [3.8, 4) is 0 Å². The molecule has 1 aliphatic rings. The zero-order valence-corrected chi connectivity index (χ0v) is 17.1. The van der Waals surface area contributed by atoms with E-state index in [2.05, 4.69) is 13.8 Å². The van der Waals surface area contributed by atoms with Gasteiger partial charge in [0.15, 0.2) is 0 Å². The highest BCUT2D eigenvalue weighted by Gasteiger charge is 2.24. The van der Waals surface area contributed by atoms with Gasteiger partial charge in [0.1, 0.15) is 0 Å². The molecule has 0 saturated heterocycles. The van der Waals surface area contributed by atoms with E-state index in [0.717, 1.165) is 51.4 Å². The van der Waals surface area contributed by atoms with Crippen LogP contribution in [-0.4, -0.2) is 25.2 Å². The van der Waals surface area contributed by atoms with Crippen molar-refractivity contribution in [2.75, 3.05) is 13.2 Å². The first-order valence-corrected chi connectivity index (χ1v) is 11.0. The van der Waals surface area contributed by atoms with Crippen LogP contribution in [0.15, 0.2) is 0 Å². The Morgan fingerprint density at radius 3 is 1.62 bits per heavy atom. The van der Waals surface area contributed by atoms with Gasteiger partial charge in [-0.25, -0.2) is 0 Å². The van der Waals surface area contributed by atoms with Crippen molar-refractivity contribution in [1.82, 2.24) is 0 Å². The molecule has 1 rings (SSSR count). The second kappa shape index (κ2) is 15.0. The summed E-state index contributed by atoms with van der Waals surface area (Å²) in [6.07, 6.45) is 14.3. The summed E-state index contributed by atoms with van der Waals surface area (Å²) in [6.45, 7) is 5.41. The number of carbonyl (C=O) groups excluding carboxylic acids is 2. The Labute approximate surface area is 160 Å². The molecule has 1 aliphatic carbocycles. The molecule has 0 aromatic heterocycles. The summed E-state index contributed by atoms with van der Waals surface area (Å²) in [6, 6.07) is 0. The maximum absolute atomic E-state index is 11.8. The molecule has 0 bridgehead atoms. The van der Waals surface area contributed by atoms with Crippen molar-refractivity contribution in [3.63, 3.8) is 0 Å². The van der Waals surface area contributed by atoms with Gasteiger partial charge in [0.2, 0.25) is 0 Å². The molecule has 0 aromatic rings. The Morgan fingerprint density at radius 1 is 0.731 bits per heavy atom. The van der Waals surface area contributed by atoms with E-state index in [1.807, 2.05) is 0 Å². The third-order valence-electron chi connectivity index (χ3n) is 5.32. The molecule has 152 valence electrons. The lowest BCUT2D eigenvalue weighted by molar-refractivity contribution is -0.146. The highest BCUT2D eigenvalue weighted by molar-refractivity contribution is 5.69. The van der Waals surface area contributed by atoms with Crippen LogP contribution >= 0.6 is 0 Å². The van der Waals surface area contributed by atoms with Gasteiger partial charge in [-0.2, -0.15) is 0 Å². The Hall–Kier alpha value is -1.06. The molecule has 1 saturated carbocycles. The molecular weight excluding hydrogens is 328 g/mol. The van der Waals surface area contributed by atoms with E-state index >= 15 is 0 Å². The van der Waals surface area contributed by atoms with Crippen LogP contribution in [0, 0.1) is 11.8 Å². The lowest BCUT2D eigenvalue weighted by Crippen LogP contribution is -2.25. The largest absolute Gasteiger partial charge is 0.465 e. The predicted molar refractivity (Wildman–Crippen MR) is 105 cm³/mol. The summed E-state index contributed by atoms with van der Waals surface area (Å²) < 4.78 is 10.9. The first kappa shape index (κ1) is 23.0. The molecule has 2 atom stereocenters. The topological polar surface area (TPSA) is 52.6 Å². The zero-order valence-electron chi connectivity index (χ0n) is 17.1. The van der Waals surface area contributed by atoms with E-state index in [0.29, 0.717) is 37.9 Å². The van der Waals surface area contributed by atoms with E-state index in [1.165, 1.54) is 25.7 Å². The molecule has 0 amide bonds. The highest BCUT2D eigenvalue weighted by Crippen LogP contribution is 2.29. The first-order valence-electron chi connectivity index (χ1n) is 11.0. The van der Waals surface area contributed by atoms with Crippen molar-refractivity contribution in [1.29, 1.82) is 0 Å². The fourth-order valence-corrected chi connectivity index (χ4v) is 3.66. The van der Waals surface area contributed by atoms with Gasteiger partial charge < -0.3 is 9.47 Å². The SMILES string of the molecule is CCCCCCC(=O)OCC1CCCC(COC(=O)CCCCCC)C1. The van der Waals surface area contributed by atoms with Gasteiger partial charge in [-0.3, -0.25) is 9.59 Å². The van der Waals surface area contributed by atoms with Gasteiger partial charge in [-0.1, -0.05) is 58.8 Å². The Balaban J connectivity index is 2.11. The molecule has 26 heavy (non-hydrogen) atoms. The summed E-state index contributed by atoms with van der Waals surface area (Å²) in [4.78, 5) is 23.6. The number of ether oxygens (including phenoxy) is 2. The van der Waals surface area contributed by atoms with Crippen LogP contribution in [-0.2, 0) is 19.1 Å². The van der Waals surface area contributed by atoms with Crippen molar-refractivity contribution in [2.45, 2.75) is 104 Å². The second-order valence-electron chi connectivity index (χ2n) is 7.89. The van der Waals surface area contributed by atoms with Crippen molar-refractivity contribution >= 4 is 11.9 Å². The fourth-order valence-electron chi connectivity index (χ4n) is 3.66. The van der Waals surface area contributed by atoms with Crippen LogP contribution in [0.4, 0.5) is 0 Å². The van der Waals surface area contributed by atoms with Crippen LogP contribution in [0.25, 0.3) is 0 Å². The lowest BCUT2D eigenvalue weighted by atomic mass is 9.82. The third-order valence-corrected chi connectivity index (χ3v) is 5.32. The molecule has 1 fully saturated rings. The molecule has 4 heteroatoms. The van der Waals surface area contributed by atoms with Gasteiger partial charge >= 0.3 is 11.9 Å². The van der Waals surface area contributed by atoms with Crippen molar-refractivity contribution in [3.05, 3.63) is 0 Å². The number of esters is 2. The number of hydrogen-bond acceptors (Lipinski definition) is 4. The standard InChI is InChI=1S/C22H40O4/c1-3-5-7-9-14-21(23)25-17-19-12-11-13-20(16-19)18-26-22(24)15-10-8-6-4-2/h19-20H,3-18H2,1-2H3. The number of carbonyl (C=O) groups is 2. The smallest absolute Gasteiger partial charge is 0.305 e. The normalized spacial score (nSPS) is 19.9. The average molecular weight is 369 g/mol. The summed E-state index contributed by atoms with van der Waals surface area (Å²) in [5, 5.41) is 0. The minimum absolute atomic E-state index is 0.0540. The lowest BCUT2D eigenvalue weighted by Gasteiger charge is -2.28. The molecular formula is C22H40O4.